The molecule has 2 saturated heterocycles. The number of amides is 1. The number of methoxy groups -OCH3 is 1. The Kier molecular flexibility index (Phi) is 8.41. The zero-order chi connectivity index (χ0) is 26.3. The number of piperidine rings is 1. The second-order valence-electron chi connectivity index (χ2n) is 9.07. The number of hydrogen-bond acceptors (Lipinski definition) is 11. The van der Waals surface area contributed by atoms with Crippen LogP contribution >= 0.6 is 11.3 Å². The number of esters is 1. The molecule has 0 aliphatic carbocycles. The molecule has 5 rings (SSSR count). The molecule has 4 heterocycles. The number of carbonyl (C=O) groups is 2. The van der Waals surface area contributed by atoms with Crippen molar-refractivity contribution >= 4 is 34.0 Å². The van der Waals surface area contributed by atoms with Crippen LogP contribution in [0.5, 0.6) is 6.01 Å². The Morgan fingerprint density at radius 1 is 1.13 bits per heavy atom. The van der Waals surface area contributed by atoms with Gasteiger partial charge in [0.2, 0.25) is 0 Å². The molecule has 0 unspecified atom stereocenters. The van der Waals surface area contributed by atoms with Crippen LogP contribution in [-0.4, -0.2) is 84.3 Å². The average molecular weight is 539 g/mol. The molecule has 1 N–H and O–H groups in total. The van der Waals surface area contributed by atoms with E-state index in [4.69, 9.17) is 14.2 Å². The van der Waals surface area contributed by atoms with Crippen molar-refractivity contribution in [3.8, 4) is 6.01 Å². The molecule has 0 radical (unpaired) electrons. The van der Waals surface area contributed by atoms with E-state index in [9.17, 15) is 9.59 Å². The van der Waals surface area contributed by atoms with Crippen LogP contribution in [0.2, 0.25) is 0 Å². The van der Waals surface area contributed by atoms with Gasteiger partial charge >= 0.3 is 12.0 Å². The number of anilines is 2. The van der Waals surface area contributed by atoms with Crippen LogP contribution in [0.3, 0.4) is 0 Å². The van der Waals surface area contributed by atoms with Crippen molar-refractivity contribution in [3.63, 3.8) is 0 Å². The van der Waals surface area contributed by atoms with E-state index in [2.05, 4.69) is 30.1 Å². The lowest BCUT2D eigenvalue weighted by Crippen LogP contribution is -2.38. The highest BCUT2D eigenvalue weighted by atomic mass is 32.1. The van der Waals surface area contributed by atoms with Gasteiger partial charge in [-0.1, -0.05) is 6.07 Å². The van der Waals surface area contributed by atoms with E-state index in [1.807, 2.05) is 6.07 Å². The Bertz CT molecular complexity index is 1240. The summed E-state index contributed by atoms with van der Waals surface area (Å²) >= 11 is 1.42. The molecule has 3 aromatic rings. The Morgan fingerprint density at radius 2 is 1.89 bits per heavy atom. The zero-order valence-corrected chi connectivity index (χ0v) is 22.0. The second kappa shape index (κ2) is 12.3. The fraction of sp³-hybridized carbons (Fsp3) is 0.423. The van der Waals surface area contributed by atoms with Crippen LogP contribution in [0, 0.1) is 0 Å². The second-order valence-corrected chi connectivity index (χ2v) is 9.90. The molecule has 38 heavy (non-hydrogen) atoms. The van der Waals surface area contributed by atoms with Crippen molar-refractivity contribution in [3.05, 3.63) is 58.9 Å². The Labute approximate surface area is 224 Å². The van der Waals surface area contributed by atoms with Gasteiger partial charge in [0.05, 0.1) is 31.6 Å². The molecule has 2 aliphatic heterocycles. The first kappa shape index (κ1) is 26.0. The SMILES string of the molecule is COC(=O)c1cc(CN2CCOCC2)ccc1NC(=O)c1csc(N2CCC(Oc3ncccn3)CC2)n1. The monoisotopic (exact) mass is 538 g/mol. The highest BCUT2D eigenvalue weighted by Gasteiger charge is 2.25. The van der Waals surface area contributed by atoms with Crippen molar-refractivity contribution in [2.45, 2.75) is 25.5 Å². The molecule has 0 atom stereocenters. The summed E-state index contributed by atoms with van der Waals surface area (Å²) in [4.78, 5) is 42.8. The summed E-state index contributed by atoms with van der Waals surface area (Å²) in [5.74, 6) is -0.882. The van der Waals surface area contributed by atoms with Gasteiger partial charge in [0.1, 0.15) is 11.8 Å². The highest BCUT2D eigenvalue weighted by molar-refractivity contribution is 7.14. The highest BCUT2D eigenvalue weighted by Crippen LogP contribution is 2.27. The number of rotatable bonds is 8. The predicted molar refractivity (Wildman–Crippen MR) is 142 cm³/mol. The molecule has 2 aromatic heterocycles. The van der Waals surface area contributed by atoms with Crippen molar-refractivity contribution in [1.82, 2.24) is 19.9 Å². The van der Waals surface area contributed by atoms with Crippen LogP contribution in [0.15, 0.2) is 42.0 Å². The number of nitrogens with one attached hydrogen (secondary N) is 1. The maximum Gasteiger partial charge on any atom is 0.339 e. The van der Waals surface area contributed by atoms with Crippen LogP contribution in [0.4, 0.5) is 10.8 Å². The molecule has 200 valence electrons. The predicted octanol–water partition coefficient (Wildman–Crippen LogP) is 2.85. The van der Waals surface area contributed by atoms with Gasteiger partial charge in [0, 0.05) is 63.3 Å². The first-order valence-corrected chi connectivity index (χ1v) is 13.4. The molecule has 1 aromatic carbocycles. The third kappa shape index (κ3) is 6.44. The molecular formula is C26H30N6O5S. The maximum atomic E-state index is 13.0. The van der Waals surface area contributed by atoms with Gasteiger partial charge in [0.25, 0.3) is 5.91 Å². The third-order valence-electron chi connectivity index (χ3n) is 6.50. The Balaban J connectivity index is 1.20. The summed E-state index contributed by atoms with van der Waals surface area (Å²) in [5.41, 5.74) is 1.97. The number of aromatic nitrogens is 3. The summed E-state index contributed by atoms with van der Waals surface area (Å²) in [6.45, 7) is 5.27. The lowest BCUT2D eigenvalue weighted by molar-refractivity contribution is 0.0341. The lowest BCUT2D eigenvalue weighted by Gasteiger charge is -2.31. The minimum absolute atomic E-state index is 0.0411. The van der Waals surface area contributed by atoms with Crippen molar-refractivity contribution in [2.24, 2.45) is 0 Å². The van der Waals surface area contributed by atoms with E-state index in [1.165, 1.54) is 18.4 Å². The van der Waals surface area contributed by atoms with Crippen molar-refractivity contribution < 1.29 is 23.8 Å². The molecular weight excluding hydrogens is 508 g/mol. The first-order valence-electron chi connectivity index (χ1n) is 12.6. The summed E-state index contributed by atoms with van der Waals surface area (Å²) in [6.07, 6.45) is 4.97. The van der Waals surface area contributed by atoms with Crippen LogP contribution in [-0.2, 0) is 16.0 Å². The summed E-state index contributed by atoms with van der Waals surface area (Å²) in [7, 11) is 1.33. The summed E-state index contributed by atoms with van der Waals surface area (Å²) in [6, 6.07) is 7.57. The molecule has 2 aliphatic rings. The van der Waals surface area contributed by atoms with Gasteiger partial charge in [-0.25, -0.2) is 19.7 Å². The molecule has 0 spiro atoms. The van der Waals surface area contributed by atoms with Crippen molar-refractivity contribution in [1.29, 1.82) is 0 Å². The number of nitrogens with zero attached hydrogens (tertiary/aromatic N) is 5. The van der Waals surface area contributed by atoms with E-state index in [-0.39, 0.29) is 12.0 Å². The quantitative estimate of drug-likeness (QED) is 0.429. The minimum Gasteiger partial charge on any atom is -0.465 e. The fourth-order valence-corrected chi connectivity index (χ4v) is 5.31. The first-order chi connectivity index (χ1) is 18.6. The van der Waals surface area contributed by atoms with Crippen LogP contribution < -0.4 is 15.0 Å². The van der Waals surface area contributed by atoms with E-state index < -0.39 is 5.97 Å². The van der Waals surface area contributed by atoms with Gasteiger partial charge in [-0.2, -0.15) is 0 Å². The van der Waals surface area contributed by atoms with Crippen molar-refractivity contribution in [2.75, 3.05) is 56.7 Å². The average Bonchev–Trinajstić information content (AvgIpc) is 3.46. The van der Waals surface area contributed by atoms with Gasteiger partial charge in [-0.3, -0.25) is 9.69 Å². The Morgan fingerprint density at radius 3 is 2.63 bits per heavy atom. The third-order valence-corrected chi connectivity index (χ3v) is 7.40. The standard InChI is InChI=1S/C26H30N6O5S/c1-35-24(34)20-15-18(16-31-11-13-36-14-12-31)3-4-21(20)29-23(33)22-17-38-26(30-22)32-9-5-19(6-10-32)37-25-27-7-2-8-28-25/h2-4,7-8,15,17,19H,5-6,9-14,16H2,1H3,(H,29,33). The molecule has 0 bridgehead atoms. The molecule has 11 nitrogen and oxygen atoms in total. The van der Waals surface area contributed by atoms with Gasteiger partial charge in [-0.15, -0.1) is 11.3 Å². The van der Waals surface area contributed by atoms with Gasteiger partial charge < -0.3 is 24.4 Å². The fourth-order valence-electron chi connectivity index (χ4n) is 4.46. The van der Waals surface area contributed by atoms with Crippen LogP contribution in [0.25, 0.3) is 0 Å². The van der Waals surface area contributed by atoms with Crippen LogP contribution in [0.1, 0.15) is 39.3 Å². The number of hydrogen-bond donors (Lipinski definition) is 1. The molecule has 2 fully saturated rings. The van der Waals surface area contributed by atoms with Gasteiger partial charge in [0.15, 0.2) is 5.13 Å². The maximum absolute atomic E-state index is 13.0. The summed E-state index contributed by atoms with van der Waals surface area (Å²) < 4.78 is 16.2. The van der Waals surface area contributed by atoms with E-state index in [0.717, 1.165) is 49.7 Å². The normalized spacial score (nSPS) is 16.7. The summed E-state index contributed by atoms with van der Waals surface area (Å²) in [5, 5.41) is 5.35. The number of ether oxygens (including phenoxy) is 3. The topological polar surface area (TPSA) is 119 Å². The zero-order valence-electron chi connectivity index (χ0n) is 21.2. The number of benzene rings is 1. The van der Waals surface area contributed by atoms with E-state index >= 15 is 0 Å². The van der Waals surface area contributed by atoms with E-state index in [0.29, 0.717) is 42.7 Å². The Hall–Kier alpha value is -3.61. The largest absolute Gasteiger partial charge is 0.465 e. The molecule has 1 amide bonds. The van der Waals surface area contributed by atoms with Gasteiger partial charge in [-0.05, 0) is 23.8 Å². The minimum atomic E-state index is -0.505. The molecule has 12 heteroatoms. The lowest BCUT2D eigenvalue weighted by atomic mass is 10.1. The number of carbonyl (C=O) groups excluding carboxylic acids is 2. The van der Waals surface area contributed by atoms with E-state index in [1.54, 1.807) is 36.0 Å². The smallest absolute Gasteiger partial charge is 0.339 e. The number of thiazole rings is 1. The number of morpholine rings is 1. The molecule has 0 saturated carbocycles.